The zero-order chi connectivity index (χ0) is 15.0. The number of alkyl halides is 3. The van der Waals surface area contributed by atoms with Gasteiger partial charge in [0.1, 0.15) is 5.52 Å². The summed E-state index contributed by atoms with van der Waals surface area (Å²) < 4.78 is 42.8. The molecule has 0 unspecified atom stereocenters. The third-order valence-electron chi connectivity index (χ3n) is 2.88. The van der Waals surface area contributed by atoms with Gasteiger partial charge in [-0.3, -0.25) is 0 Å². The number of rotatable bonds is 2. The molecule has 3 aromatic rings. The van der Waals surface area contributed by atoms with E-state index in [1.165, 1.54) is 12.1 Å². The van der Waals surface area contributed by atoms with Crippen molar-refractivity contribution < 1.29 is 17.6 Å². The minimum atomic E-state index is -4.35. The number of nitrogens with two attached hydrogens (primary N) is 1. The molecule has 3 N–H and O–H groups in total. The Morgan fingerprint density at radius 1 is 1.05 bits per heavy atom. The van der Waals surface area contributed by atoms with E-state index in [1.807, 2.05) is 0 Å². The maximum atomic E-state index is 12.5. The highest BCUT2D eigenvalue weighted by Crippen LogP contribution is 2.30. The maximum absolute atomic E-state index is 12.5. The number of hydrogen-bond donors (Lipinski definition) is 2. The Bertz CT molecular complexity index is 778. The fourth-order valence-electron chi connectivity index (χ4n) is 1.86. The summed E-state index contributed by atoms with van der Waals surface area (Å²) in [6, 6.07) is 9.80. The van der Waals surface area contributed by atoms with Gasteiger partial charge >= 0.3 is 6.18 Å². The van der Waals surface area contributed by atoms with Crippen LogP contribution in [0.2, 0.25) is 0 Å². The molecule has 0 saturated heterocycles. The molecule has 7 heteroatoms. The van der Waals surface area contributed by atoms with E-state index in [9.17, 15) is 13.2 Å². The van der Waals surface area contributed by atoms with Gasteiger partial charge in [-0.2, -0.15) is 18.2 Å². The Morgan fingerprint density at radius 3 is 2.43 bits per heavy atom. The predicted octanol–water partition coefficient (Wildman–Crippen LogP) is 4.17. The van der Waals surface area contributed by atoms with Gasteiger partial charge < -0.3 is 15.5 Å². The van der Waals surface area contributed by atoms with Gasteiger partial charge in [-0.25, -0.2) is 0 Å². The lowest BCUT2D eigenvalue weighted by Crippen LogP contribution is -2.04. The van der Waals surface area contributed by atoms with Crippen LogP contribution < -0.4 is 11.1 Å². The summed E-state index contributed by atoms with van der Waals surface area (Å²) in [5, 5.41) is 2.81. The Morgan fingerprint density at radius 2 is 1.76 bits per heavy atom. The number of nitrogens with zero attached hydrogens (tertiary/aromatic N) is 1. The van der Waals surface area contributed by atoms with Crippen molar-refractivity contribution >= 4 is 28.5 Å². The standard InChI is InChI=1S/C14H10F3N3O/c15-14(16,17)8-1-4-10(5-2-8)19-13-20-11-6-3-9(18)7-12(11)21-13/h1-7H,18H2,(H,19,20). The molecule has 4 nitrogen and oxygen atoms in total. The molecular formula is C14H10F3N3O. The van der Waals surface area contributed by atoms with E-state index in [-0.39, 0.29) is 6.01 Å². The molecule has 21 heavy (non-hydrogen) atoms. The van der Waals surface area contributed by atoms with Gasteiger partial charge in [0.15, 0.2) is 5.58 Å². The Labute approximate surface area is 117 Å². The lowest BCUT2D eigenvalue weighted by atomic mass is 10.2. The summed E-state index contributed by atoms with van der Waals surface area (Å²) >= 11 is 0. The van der Waals surface area contributed by atoms with Crippen molar-refractivity contribution in [3.63, 3.8) is 0 Å². The first kappa shape index (κ1) is 13.3. The van der Waals surface area contributed by atoms with E-state index in [2.05, 4.69) is 10.3 Å². The van der Waals surface area contributed by atoms with Crippen LogP contribution in [-0.4, -0.2) is 4.98 Å². The number of nitrogen functional groups attached to an aromatic ring is 1. The molecule has 0 bridgehead atoms. The first-order valence-corrected chi connectivity index (χ1v) is 6.02. The largest absolute Gasteiger partial charge is 0.423 e. The summed E-state index contributed by atoms with van der Waals surface area (Å²) in [7, 11) is 0. The van der Waals surface area contributed by atoms with Crippen LogP contribution in [-0.2, 0) is 6.18 Å². The van der Waals surface area contributed by atoms with Gasteiger partial charge in [-0.1, -0.05) is 0 Å². The average Bonchev–Trinajstić information content (AvgIpc) is 2.79. The molecule has 0 amide bonds. The molecule has 0 saturated carbocycles. The minimum absolute atomic E-state index is 0.190. The van der Waals surface area contributed by atoms with Crippen molar-refractivity contribution in [1.82, 2.24) is 4.98 Å². The van der Waals surface area contributed by atoms with E-state index in [1.54, 1.807) is 18.2 Å². The smallest absolute Gasteiger partial charge is 0.416 e. The molecule has 0 atom stereocenters. The number of aromatic nitrogens is 1. The van der Waals surface area contributed by atoms with Crippen LogP contribution in [0.4, 0.5) is 30.6 Å². The molecule has 1 heterocycles. The molecular weight excluding hydrogens is 283 g/mol. The second-order valence-corrected chi connectivity index (χ2v) is 4.45. The number of halogens is 3. The zero-order valence-corrected chi connectivity index (χ0v) is 10.6. The SMILES string of the molecule is Nc1ccc2nc(Nc3ccc(C(F)(F)F)cc3)oc2c1. The average molecular weight is 293 g/mol. The minimum Gasteiger partial charge on any atom is -0.423 e. The molecule has 2 aromatic carbocycles. The third-order valence-corrected chi connectivity index (χ3v) is 2.88. The van der Waals surface area contributed by atoms with Crippen molar-refractivity contribution in [3.05, 3.63) is 48.0 Å². The molecule has 1 aromatic heterocycles. The summed E-state index contributed by atoms with van der Waals surface area (Å²) in [6.07, 6.45) is -4.35. The van der Waals surface area contributed by atoms with Crippen LogP contribution in [0.3, 0.4) is 0 Å². The third kappa shape index (κ3) is 2.76. The van der Waals surface area contributed by atoms with Crippen LogP contribution in [0.15, 0.2) is 46.9 Å². The Balaban J connectivity index is 1.84. The molecule has 0 radical (unpaired) electrons. The van der Waals surface area contributed by atoms with Crippen molar-refractivity contribution in [2.24, 2.45) is 0 Å². The predicted molar refractivity (Wildman–Crippen MR) is 73.1 cm³/mol. The number of nitrogens with one attached hydrogen (secondary N) is 1. The van der Waals surface area contributed by atoms with E-state index in [0.717, 1.165) is 12.1 Å². The Hall–Kier alpha value is -2.70. The lowest BCUT2D eigenvalue weighted by molar-refractivity contribution is -0.137. The molecule has 0 aliphatic rings. The molecule has 3 rings (SSSR count). The lowest BCUT2D eigenvalue weighted by Gasteiger charge is -2.07. The second-order valence-electron chi connectivity index (χ2n) is 4.45. The highest BCUT2D eigenvalue weighted by Gasteiger charge is 2.29. The van der Waals surface area contributed by atoms with Crippen molar-refractivity contribution in [2.75, 3.05) is 11.1 Å². The summed E-state index contributed by atoms with van der Waals surface area (Å²) in [6.45, 7) is 0. The molecule has 0 spiro atoms. The van der Waals surface area contributed by atoms with Crippen LogP contribution in [0, 0.1) is 0 Å². The number of benzene rings is 2. The fraction of sp³-hybridized carbons (Fsp3) is 0.0714. The monoisotopic (exact) mass is 293 g/mol. The number of hydrogen-bond acceptors (Lipinski definition) is 4. The molecule has 0 aliphatic carbocycles. The van der Waals surface area contributed by atoms with Crippen LogP contribution >= 0.6 is 0 Å². The zero-order valence-electron chi connectivity index (χ0n) is 10.6. The number of fused-ring (bicyclic) bond motifs is 1. The second kappa shape index (κ2) is 4.69. The maximum Gasteiger partial charge on any atom is 0.416 e. The highest BCUT2D eigenvalue weighted by atomic mass is 19.4. The van der Waals surface area contributed by atoms with Crippen molar-refractivity contribution in [3.8, 4) is 0 Å². The topological polar surface area (TPSA) is 64.1 Å². The number of oxazole rings is 1. The summed E-state index contributed by atoms with van der Waals surface area (Å²) in [5.74, 6) is 0. The van der Waals surface area contributed by atoms with Gasteiger partial charge in [0, 0.05) is 17.4 Å². The van der Waals surface area contributed by atoms with Crippen LogP contribution in [0.1, 0.15) is 5.56 Å². The number of anilines is 3. The van der Waals surface area contributed by atoms with Gasteiger partial charge in [0.2, 0.25) is 0 Å². The van der Waals surface area contributed by atoms with E-state index >= 15 is 0 Å². The first-order chi connectivity index (χ1) is 9.91. The van der Waals surface area contributed by atoms with Gasteiger partial charge in [-0.05, 0) is 36.4 Å². The van der Waals surface area contributed by atoms with E-state index < -0.39 is 11.7 Å². The summed E-state index contributed by atoms with van der Waals surface area (Å²) in [4.78, 5) is 4.16. The van der Waals surface area contributed by atoms with Gasteiger partial charge in [-0.15, -0.1) is 0 Å². The van der Waals surface area contributed by atoms with Gasteiger partial charge in [0.05, 0.1) is 5.56 Å². The van der Waals surface area contributed by atoms with Crippen molar-refractivity contribution in [1.29, 1.82) is 0 Å². The van der Waals surface area contributed by atoms with Crippen molar-refractivity contribution in [2.45, 2.75) is 6.18 Å². The van der Waals surface area contributed by atoms with E-state index in [4.69, 9.17) is 10.2 Å². The summed E-state index contributed by atoms with van der Waals surface area (Å²) in [5.41, 5.74) is 7.02. The fourth-order valence-corrected chi connectivity index (χ4v) is 1.86. The highest BCUT2D eigenvalue weighted by molar-refractivity contribution is 5.78. The normalized spacial score (nSPS) is 11.8. The molecule has 0 fully saturated rings. The quantitative estimate of drug-likeness (QED) is 0.696. The van der Waals surface area contributed by atoms with Gasteiger partial charge in [0.25, 0.3) is 6.01 Å². The Kier molecular flexibility index (Phi) is 2.97. The van der Waals surface area contributed by atoms with Crippen LogP contribution in [0.5, 0.6) is 0 Å². The van der Waals surface area contributed by atoms with E-state index in [0.29, 0.717) is 22.5 Å². The molecule has 108 valence electrons. The van der Waals surface area contributed by atoms with Crippen LogP contribution in [0.25, 0.3) is 11.1 Å². The first-order valence-electron chi connectivity index (χ1n) is 6.02. The molecule has 0 aliphatic heterocycles.